The van der Waals surface area contributed by atoms with Gasteiger partial charge in [0, 0.05) is 5.69 Å². The molecule has 1 amide bonds. The number of esters is 1. The number of hydrogen-bond donors (Lipinski definition) is 1. The van der Waals surface area contributed by atoms with E-state index in [1.807, 2.05) is 54.6 Å². The zero-order valence-electron chi connectivity index (χ0n) is 18.9. The highest BCUT2D eigenvalue weighted by Crippen LogP contribution is 2.28. The first-order valence-electron chi connectivity index (χ1n) is 11.0. The van der Waals surface area contributed by atoms with Gasteiger partial charge >= 0.3 is 5.97 Å². The summed E-state index contributed by atoms with van der Waals surface area (Å²) in [7, 11) is 0. The van der Waals surface area contributed by atoms with Crippen molar-refractivity contribution in [2.24, 2.45) is 0 Å². The number of amides is 1. The molecule has 0 bridgehead atoms. The first-order chi connectivity index (χ1) is 17.1. The Morgan fingerprint density at radius 3 is 2.60 bits per heavy atom. The molecule has 0 fully saturated rings. The van der Waals surface area contributed by atoms with E-state index in [0.29, 0.717) is 34.6 Å². The van der Waals surface area contributed by atoms with Gasteiger partial charge < -0.3 is 19.0 Å². The molecular weight excluding hydrogens is 446 g/mol. The smallest absolute Gasteiger partial charge is 0.339 e. The van der Waals surface area contributed by atoms with Crippen LogP contribution < -0.4 is 5.32 Å². The van der Waals surface area contributed by atoms with E-state index in [2.05, 4.69) is 15.5 Å². The minimum absolute atomic E-state index is 0.183. The maximum Gasteiger partial charge on any atom is 0.339 e. The van der Waals surface area contributed by atoms with Crippen molar-refractivity contribution in [1.82, 2.24) is 10.1 Å². The van der Waals surface area contributed by atoms with E-state index in [9.17, 15) is 9.59 Å². The third-order valence-corrected chi connectivity index (χ3v) is 5.47. The van der Waals surface area contributed by atoms with E-state index < -0.39 is 18.5 Å². The molecule has 0 saturated carbocycles. The molecule has 5 rings (SSSR count). The number of hydrogen-bond acceptors (Lipinski definition) is 7. The topological polar surface area (TPSA) is 107 Å². The van der Waals surface area contributed by atoms with E-state index in [0.717, 1.165) is 11.1 Å². The summed E-state index contributed by atoms with van der Waals surface area (Å²) in [6, 6.07) is 22.5. The molecule has 174 valence electrons. The van der Waals surface area contributed by atoms with Gasteiger partial charge in [-0.3, -0.25) is 4.79 Å². The molecule has 8 nitrogen and oxygen atoms in total. The Morgan fingerprint density at radius 1 is 1.00 bits per heavy atom. The molecule has 2 aromatic carbocycles. The summed E-state index contributed by atoms with van der Waals surface area (Å²) in [5, 5.41) is 7.17. The second kappa shape index (κ2) is 9.64. The third-order valence-electron chi connectivity index (χ3n) is 5.47. The van der Waals surface area contributed by atoms with Gasteiger partial charge in [-0.15, -0.1) is 0 Å². The van der Waals surface area contributed by atoms with E-state index >= 15 is 0 Å². The summed E-state index contributed by atoms with van der Waals surface area (Å²) in [5.74, 6) is -0.676. The van der Waals surface area contributed by atoms with E-state index in [-0.39, 0.29) is 11.3 Å². The Kier molecular flexibility index (Phi) is 6.09. The van der Waals surface area contributed by atoms with Gasteiger partial charge in [0.15, 0.2) is 12.4 Å². The minimum atomic E-state index is -0.691. The lowest BCUT2D eigenvalue weighted by atomic mass is 10.0. The Morgan fingerprint density at radius 2 is 1.80 bits per heavy atom. The maximum absolute atomic E-state index is 13.0. The van der Waals surface area contributed by atoms with Gasteiger partial charge in [-0.2, -0.15) is 0 Å². The molecule has 1 N–H and O–H groups in total. The van der Waals surface area contributed by atoms with Gasteiger partial charge in [-0.1, -0.05) is 53.7 Å². The van der Waals surface area contributed by atoms with Crippen LogP contribution >= 0.6 is 0 Å². The van der Waals surface area contributed by atoms with Crippen LogP contribution in [0.1, 0.15) is 27.2 Å². The third kappa shape index (κ3) is 4.81. The average molecular weight is 467 g/mol. The summed E-state index contributed by atoms with van der Waals surface area (Å²) >= 11 is 0. The van der Waals surface area contributed by atoms with Crippen LogP contribution in [0.4, 0.5) is 5.69 Å². The minimum Gasteiger partial charge on any atom is -0.463 e. The molecule has 0 aliphatic carbocycles. The van der Waals surface area contributed by atoms with Crippen LogP contribution in [0.2, 0.25) is 0 Å². The fourth-order valence-corrected chi connectivity index (χ4v) is 3.81. The van der Waals surface area contributed by atoms with Crippen LogP contribution in [0.25, 0.3) is 22.6 Å². The Labute approximate surface area is 200 Å². The molecular formula is C27H21N3O5. The number of nitrogens with zero attached hydrogens (tertiary/aromatic N) is 2. The van der Waals surface area contributed by atoms with Crippen molar-refractivity contribution in [2.45, 2.75) is 13.3 Å². The zero-order valence-corrected chi connectivity index (χ0v) is 18.9. The Balaban J connectivity index is 1.31. The van der Waals surface area contributed by atoms with Crippen molar-refractivity contribution in [3.63, 3.8) is 0 Å². The molecule has 0 aliphatic rings. The number of anilines is 1. The molecule has 5 aromatic rings. The fourth-order valence-electron chi connectivity index (χ4n) is 3.81. The van der Waals surface area contributed by atoms with Gasteiger partial charge in [-0.05, 0) is 48.7 Å². The average Bonchev–Trinajstić information content (AvgIpc) is 3.54. The lowest BCUT2D eigenvalue weighted by molar-refractivity contribution is -0.119. The summed E-state index contributed by atoms with van der Waals surface area (Å²) in [5.41, 5.74) is 4.00. The number of fused-ring (bicyclic) bond motifs is 1. The first-order valence-corrected chi connectivity index (χ1v) is 11.0. The van der Waals surface area contributed by atoms with Crippen LogP contribution in [-0.2, 0) is 16.0 Å². The van der Waals surface area contributed by atoms with Crippen molar-refractivity contribution < 1.29 is 23.3 Å². The lowest BCUT2D eigenvalue weighted by Crippen LogP contribution is -2.21. The van der Waals surface area contributed by atoms with Gasteiger partial charge in [-0.25, -0.2) is 9.78 Å². The molecule has 0 radical (unpaired) electrons. The van der Waals surface area contributed by atoms with E-state index in [4.69, 9.17) is 13.7 Å². The summed E-state index contributed by atoms with van der Waals surface area (Å²) in [4.78, 5) is 30.0. The number of pyridine rings is 1. The van der Waals surface area contributed by atoms with Crippen molar-refractivity contribution in [3.05, 3.63) is 101 Å². The number of rotatable bonds is 7. The Hall–Kier alpha value is -4.72. The highest BCUT2D eigenvalue weighted by molar-refractivity contribution is 6.05. The molecule has 0 saturated heterocycles. The highest BCUT2D eigenvalue weighted by Gasteiger charge is 2.22. The summed E-state index contributed by atoms with van der Waals surface area (Å²) < 4.78 is 16.0. The number of nitrogens with one attached hydrogen (secondary N) is 1. The summed E-state index contributed by atoms with van der Waals surface area (Å²) in [6.07, 6.45) is 2.17. The predicted molar refractivity (Wildman–Crippen MR) is 129 cm³/mol. The second-order valence-corrected chi connectivity index (χ2v) is 7.92. The van der Waals surface area contributed by atoms with Crippen LogP contribution in [0, 0.1) is 6.92 Å². The molecule has 0 spiro atoms. The number of carbonyl (C=O) groups is 2. The number of ether oxygens (including phenoxy) is 1. The number of para-hydroxylation sites is 1. The van der Waals surface area contributed by atoms with Gasteiger partial charge in [0.05, 0.1) is 22.9 Å². The fraction of sp³-hybridized carbons (Fsp3) is 0.111. The maximum atomic E-state index is 13.0. The second-order valence-electron chi connectivity index (χ2n) is 7.92. The lowest BCUT2D eigenvalue weighted by Gasteiger charge is -2.12. The van der Waals surface area contributed by atoms with Crippen molar-refractivity contribution in [3.8, 4) is 11.5 Å². The SMILES string of the molecule is Cc1noc2nc(-c3ccco3)cc(C(=O)OCC(=O)Nc3ccccc3Cc3ccccc3)c12. The van der Waals surface area contributed by atoms with Crippen LogP contribution in [-0.4, -0.2) is 28.6 Å². The molecule has 3 heterocycles. The number of benzene rings is 2. The van der Waals surface area contributed by atoms with Crippen molar-refractivity contribution in [2.75, 3.05) is 11.9 Å². The number of furan rings is 1. The molecule has 8 heteroatoms. The summed E-state index contributed by atoms with van der Waals surface area (Å²) in [6.45, 7) is 1.25. The van der Waals surface area contributed by atoms with Crippen molar-refractivity contribution >= 4 is 28.7 Å². The predicted octanol–water partition coefficient (Wildman–Crippen LogP) is 5.18. The Bertz CT molecular complexity index is 1490. The number of aryl methyl sites for hydroxylation is 1. The van der Waals surface area contributed by atoms with Gasteiger partial charge in [0.25, 0.3) is 11.6 Å². The van der Waals surface area contributed by atoms with Gasteiger partial charge in [0.2, 0.25) is 0 Å². The first kappa shape index (κ1) is 22.1. The largest absolute Gasteiger partial charge is 0.463 e. The van der Waals surface area contributed by atoms with Crippen LogP contribution in [0.15, 0.2) is 88.0 Å². The zero-order chi connectivity index (χ0) is 24.2. The van der Waals surface area contributed by atoms with Crippen LogP contribution in [0.5, 0.6) is 0 Å². The number of carbonyl (C=O) groups excluding carboxylic acids is 2. The molecule has 35 heavy (non-hydrogen) atoms. The van der Waals surface area contributed by atoms with Crippen molar-refractivity contribution in [1.29, 1.82) is 0 Å². The monoisotopic (exact) mass is 467 g/mol. The van der Waals surface area contributed by atoms with E-state index in [1.54, 1.807) is 25.1 Å². The van der Waals surface area contributed by atoms with E-state index in [1.165, 1.54) is 6.26 Å². The molecule has 3 aromatic heterocycles. The molecule has 0 unspecified atom stereocenters. The quantitative estimate of drug-likeness (QED) is 0.329. The standard InChI is InChI=1S/C27H21N3O5/c1-17-25-20(15-22(23-12-7-13-33-23)29-26(25)35-30-17)27(32)34-16-24(31)28-21-11-6-5-10-19(21)14-18-8-3-2-4-9-18/h2-13,15H,14,16H2,1H3,(H,28,31). The molecule has 0 atom stereocenters. The normalized spacial score (nSPS) is 10.9. The highest BCUT2D eigenvalue weighted by atomic mass is 16.5. The van der Waals surface area contributed by atoms with Crippen LogP contribution in [0.3, 0.4) is 0 Å². The molecule has 0 aliphatic heterocycles. The number of aromatic nitrogens is 2. The van der Waals surface area contributed by atoms with Gasteiger partial charge in [0.1, 0.15) is 5.69 Å².